The lowest BCUT2D eigenvalue weighted by Crippen LogP contribution is -2.70. The maximum absolute atomic E-state index is 2.64. The quantitative estimate of drug-likeness (QED) is 0.150. The van der Waals surface area contributed by atoms with Crippen LogP contribution in [-0.2, 0) is 10.8 Å². The highest BCUT2D eigenvalue weighted by Crippen LogP contribution is 2.67. The Hall–Kier alpha value is -7.00. The fourth-order valence-corrected chi connectivity index (χ4v) is 18.5. The van der Waals surface area contributed by atoms with Gasteiger partial charge in [-0.2, -0.15) is 0 Å². The van der Waals surface area contributed by atoms with E-state index in [1.807, 2.05) is 0 Å². The molecule has 9 aromatic carbocycles. The second-order valence-corrected chi connectivity index (χ2v) is 21.5. The monoisotopic (exact) mass is 777 g/mol. The van der Waals surface area contributed by atoms with Gasteiger partial charge in [-0.25, -0.2) is 0 Å². The number of benzene rings is 9. The predicted molar refractivity (Wildman–Crippen MR) is 251 cm³/mol. The first kappa shape index (κ1) is 32.9. The van der Waals surface area contributed by atoms with E-state index in [1.165, 1.54) is 116 Å². The Morgan fingerprint density at radius 2 is 0.800 bits per heavy atom. The van der Waals surface area contributed by atoms with Crippen LogP contribution in [-0.4, -0.2) is 8.07 Å². The molecule has 0 radical (unpaired) electrons. The molecule has 0 saturated heterocycles. The highest BCUT2D eigenvalue weighted by molar-refractivity contribution is 7.24. The van der Waals surface area contributed by atoms with E-state index in [4.69, 9.17) is 0 Å². The summed E-state index contributed by atoms with van der Waals surface area (Å²) in [6.07, 6.45) is 0. The van der Waals surface area contributed by atoms with Crippen LogP contribution in [0.25, 0.3) is 44.5 Å². The first-order valence-electron chi connectivity index (χ1n) is 21.4. The molecule has 0 fully saturated rings. The van der Waals surface area contributed by atoms with Crippen molar-refractivity contribution in [1.82, 2.24) is 0 Å². The minimum absolute atomic E-state index is 0.115. The smallest absolute Gasteiger partial charge is 0.182 e. The zero-order valence-corrected chi connectivity index (χ0v) is 34.5. The molecule has 280 valence electrons. The van der Waals surface area contributed by atoms with Crippen LogP contribution < -0.4 is 25.6 Å². The molecule has 1 nitrogen and oxygen atoms in total. The lowest BCUT2D eigenvalue weighted by molar-refractivity contribution is 0.658. The third-order valence-corrected chi connectivity index (χ3v) is 20.0. The van der Waals surface area contributed by atoms with Crippen molar-refractivity contribution in [3.8, 4) is 44.5 Å². The van der Waals surface area contributed by atoms with Gasteiger partial charge in [-0.15, -0.1) is 0 Å². The zero-order valence-electron chi connectivity index (χ0n) is 33.5. The Balaban J connectivity index is 1.07. The number of para-hydroxylation sites is 2. The van der Waals surface area contributed by atoms with Crippen molar-refractivity contribution in [3.63, 3.8) is 0 Å². The Morgan fingerprint density at radius 1 is 0.350 bits per heavy atom. The van der Waals surface area contributed by atoms with E-state index in [0.29, 0.717) is 0 Å². The van der Waals surface area contributed by atoms with Gasteiger partial charge in [0, 0.05) is 11.1 Å². The number of hydrogen-bond donors (Lipinski definition) is 0. The van der Waals surface area contributed by atoms with E-state index in [-0.39, 0.29) is 5.41 Å². The molecule has 0 N–H and O–H groups in total. The second kappa shape index (κ2) is 11.2. The standard InChI is InChI=1S/C58H39NSi/c1-57(2)44-22-8-4-21-43(44)55-48(57)34-33-42-37-17-3-9-23-45(37)58(56(42)55)46-24-10-12-26-49(46)59(50-27-13-11-25-47(50)58)36-31-32-41-40-20-7-16-30-53(40)60(54(41)35-36)51-28-14-5-18-38(51)39-19-6-15-29-52(39)60/h3-35H,1-2H3. The van der Waals surface area contributed by atoms with Gasteiger partial charge in [0.1, 0.15) is 0 Å². The van der Waals surface area contributed by atoms with E-state index in [1.54, 1.807) is 0 Å². The fraction of sp³-hybridized carbons (Fsp3) is 0.0690. The van der Waals surface area contributed by atoms with Gasteiger partial charge in [0.2, 0.25) is 0 Å². The molecular formula is C58H39NSi. The third kappa shape index (κ3) is 3.61. The van der Waals surface area contributed by atoms with Crippen LogP contribution in [0.4, 0.5) is 17.1 Å². The highest BCUT2D eigenvalue weighted by atomic mass is 28.3. The van der Waals surface area contributed by atoms with Crippen LogP contribution in [0.1, 0.15) is 47.2 Å². The molecule has 0 bridgehead atoms. The lowest BCUT2D eigenvalue weighted by atomic mass is 9.63. The molecule has 2 spiro atoms. The van der Waals surface area contributed by atoms with Gasteiger partial charge in [-0.05, 0) is 123 Å². The van der Waals surface area contributed by atoms with Crippen molar-refractivity contribution >= 4 is 45.9 Å². The van der Waals surface area contributed by atoms with Crippen LogP contribution in [0.3, 0.4) is 0 Å². The molecule has 3 heterocycles. The Kier molecular flexibility index (Phi) is 6.13. The number of nitrogens with zero attached hydrogens (tertiary/aromatic N) is 1. The summed E-state index contributed by atoms with van der Waals surface area (Å²) in [4.78, 5) is 2.59. The van der Waals surface area contributed by atoms with Crippen LogP contribution in [0.2, 0.25) is 0 Å². The lowest BCUT2D eigenvalue weighted by Gasteiger charge is -2.45. The van der Waals surface area contributed by atoms with Gasteiger partial charge in [0.25, 0.3) is 0 Å². The van der Waals surface area contributed by atoms with E-state index < -0.39 is 13.5 Å². The fourth-order valence-electron chi connectivity index (χ4n) is 12.9. The maximum atomic E-state index is 2.60. The average molecular weight is 778 g/mol. The molecule has 5 aliphatic rings. The predicted octanol–water partition coefficient (Wildman–Crippen LogP) is 11.5. The Bertz CT molecular complexity index is 3280. The van der Waals surface area contributed by atoms with Gasteiger partial charge >= 0.3 is 0 Å². The number of rotatable bonds is 1. The summed E-state index contributed by atoms with van der Waals surface area (Å²) in [5, 5.41) is 6.00. The minimum Gasteiger partial charge on any atom is -0.310 e. The first-order chi connectivity index (χ1) is 29.6. The van der Waals surface area contributed by atoms with Crippen molar-refractivity contribution in [1.29, 1.82) is 0 Å². The Morgan fingerprint density at radius 3 is 1.40 bits per heavy atom. The topological polar surface area (TPSA) is 3.24 Å². The summed E-state index contributed by atoms with van der Waals surface area (Å²) in [7, 11) is -2.64. The van der Waals surface area contributed by atoms with Crippen LogP contribution >= 0.6 is 0 Å². The van der Waals surface area contributed by atoms with Crippen molar-refractivity contribution in [2.45, 2.75) is 24.7 Å². The molecule has 0 unspecified atom stereocenters. The normalized spacial score (nSPS) is 16.2. The molecule has 2 aliphatic carbocycles. The summed E-state index contributed by atoms with van der Waals surface area (Å²) < 4.78 is 0. The SMILES string of the molecule is CC1(C)c2ccccc2-c2c1ccc1c2C2(c3ccccc3-1)c1ccccc1N(c1ccc3c(c1)[Si]1(c4ccccc4-c4ccccc41)c1ccccc1-3)c1ccccc12. The third-order valence-electron chi connectivity index (χ3n) is 15.1. The van der Waals surface area contributed by atoms with Gasteiger partial charge in [-0.3, -0.25) is 0 Å². The molecule has 60 heavy (non-hydrogen) atoms. The molecule has 14 rings (SSSR count). The van der Waals surface area contributed by atoms with Crippen molar-refractivity contribution < 1.29 is 0 Å². The highest BCUT2D eigenvalue weighted by Gasteiger charge is 2.56. The minimum atomic E-state index is -2.64. The van der Waals surface area contributed by atoms with Gasteiger partial charge < -0.3 is 4.90 Å². The zero-order chi connectivity index (χ0) is 39.5. The average Bonchev–Trinajstić information content (AvgIpc) is 3.96. The second-order valence-electron chi connectivity index (χ2n) is 17.9. The molecule has 0 saturated carbocycles. The van der Waals surface area contributed by atoms with Gasteiger partial charge in [-0.1, -0.05) is 190 Å². The van der Waals surface area contributed by atoms with Crippen molar-refractivity contribution in [3.05, 3.63) is 234 Å². The molecule has 9 aromatic rings. The largest absolute Gasteiger partial charge is 0.310 e. The van der Waals surface area contributed by atoms with E-state index in [9.17, 15) is 0 Å². The van der Waals surface area contributed by atoms with Crippen LogP contribution in [0.5, 0.6) is 0 Å². The van der Waals surface area contributed by atoms with Gasteiger partial charge in [0.05, 0.1) is 16.8 Å². The molecule has 0 atom stereocenters. The number of hydrogen-bond acceptors (Lipinski definition) is 1. The summed E-state index contributed by atoms with van der Waals surface area (Å²) >= 11 is 0. The maximum Gasteiger partial charge on any atom is 0.182 e. The summed E-state index contributed by atoms with van der Waals surface area (Å²) in [6.45, 7) is 4.82. The first-order valence-corrected chi connectivity index (χ1v) is 23.4. The number of fused-ring (bicyclic) bond motifs is 23. The van der Waals surface area contributed by atoms with E-state index >= 15 is 0 Å². The van der Waals surface area contributed by atoms with E-state index in [2.05, 4.69) is 219 Å². The molecule has 0 aromatic heterocycles. The van der Waals surface area contributed by atoms with Crippen LogP contribution in [0.15, 0.2) is 200 Å². The molecule has 2 heteroatoms. The summed E-state index contributed by atoms with van der Waals surface area (Å²) in [6, 6.07) is 77.1. The van der Waals surface area contributed by atoms with E-state index in [0.717, 1.165) is 0 Å². The van der Waals surface area contributed by atoms with Crippen molar-refractivity contribution in [2.75, 3.05) is 4.90 Å². The van der Waals surface area contributed by atoms with Crippen LogP contribution in [0, 0.1) is 0 Å². The Labute approximate surface area is 351 Å². The molecular weight excluding hydrogens is 739 g/mol. The summed E-state index contributed by atoms with van der Waals surface area (Å²) in [5.74, 6) is 0. The van der Waals surface area contributed by atoms with Crippen molar-refractivity contribution in [2.24, 2.45) is 0 Å². The summed E-state index contributed by atoms with van der Waals surface area (Å²) in [5.41, 5.74) is 22.3. The molecule has 0 amide bonds. The van der Waals surface area contributed by atoms with Gasteiger partial charge in [0.15, 0.2) is 8.07 Å². The molecule has 3 aliphatic heterocycles. The number of anilines is 3.